The molecule has 1 saturated heterocycles. The predicted octanol–water partition coefficient (Wildman–Crippen LogP) is 3.90. The number of carbonyl (C=O) groups excluding carboxylic acids is 2. The number of piperidine rings is 1. The van der Waals surface area contributed by atoms with Gasteiger partial charge in [-0.2, -0.15) is 18.3 Å². The average molecular weight is 602 g/mol. The summed E-state index contributed by atoms with van der Waals surface area (Å²) >= 11 is 6.34. The molecule has 0 saturated carbocycles. The number of alkyl halides is 3. The Kier molecular flexibility index (Phi) is 8.18. The van der Waals surface area contributed by atoms with Crippen molar-refractivity contribution in [3.05, 3.63) is 71.0 Å². The minimum absolute atomic E-state index is 0.00738. The third kappa shape index (κ3) is 6.24. The van der Waals surface area contributed by atoms with Gasteiger partial charge in [0.05, 0.1) is 39.9 Å². The van der Waals surface area contributed by atoms with Crippen molar-refractivity contribution < 1.29 is 22.8 Å². The normalized spacial score (nSPS) is 14.1. The molecule has 1 fully saturated rings. The molecule has 5 rings (SSSR count). The van der Waals surface area contributed by atoms with Crippen molar-refractivity contribution in [3.8, 4) is 17.1 Å². The quantitative estimate of drug-likeness (QED) is 0.251. The summed E-state index contributed by atoms with van der Waals surface area (Å²) in [7, 11) is 1.42. The van der Waals surface area contributed by atoms with Gasteiger partial charge >= 0.3 is 6.18 Å². The molecule has 0 bridgehead atoms. The van der Waals surface area contributed by atoms with Crippen LogP contribution in [-0.4, -0.2) is 55.8 Å². The molecule has 4 heterocycles. The fraction of sp³-hybridized carbons (Fsp3) is 0.296. The largest absolute Gasteiger partial charge is 0.435 e. The van der Waals surface area contributed by atoms with Crippen LogP contribution in [0.15, 0.2) is 48.9 Å². The van der Waals surface area contributed by atoms with Gasteiger partial charge in [-0.1, -0.05) is 11.6 Å². The molecular formula is C27H27ClF3N9O2. The van der Waals surface area contributed by atoms with Gasteiger partial charge in [0, 0.05) is 25.5 Å². The number of rotatable bonds is 7. The van der Waals surface area contributed by atoms with E-state index in [1.807, 2.05) is 0 Å². The molecule has 0 atom stereocenters. The van der Waals surface area contributed by atoms with Crippen LogP contribution in [0.4, 0.5) is 24.5 Å². The van der Waals surface area contributed by atoms with Crippen LogP contribution in [-0.2, 0) is 13.2 Å². The molecule has 11 nitrogen and oxygen atoms in total. The molecule has 0 unspecified atom stereocenters. The number of halogens is 4. The Morgan fingerprint density at radius 2 is 1.88 bits per heavy atom. The third-order valence-electron chi connectivity index (χ3n) is 6.94. The van der Waals surface area contributed by atoms with Crippen molar-refractivity contribution in [1.82, 2.24) is 34.9 Å². The van der Waals surface area contributed by atoms with Crippen molar-refractivity contribution in [1.29, 1.82) is 0 Å². The van der Waals surface area contributed by atoms with Crippen LogP contribution < -0.4 is 21.7 Å². The van der Waals surface area contributed by atoms with E-state index in [0.717, 1.165) is 43.0 Å². The lowest BCUT2D eigenvalue weighted by Crippen LogP contribution is -2.36. The summed E-state index contributed by atoms with van der Waals surface area (Å²) in [5.41, 5.74) is 5.05. The summed E-state index contributed by atoms with van der Waals surface area (Å²) in [5, 5.41) is 12.6. The van der Waals surface area contributed by atoms with E-state index >= 15 is 0 Å². The van der Waals surface area contributed by atoms with E-state index in [-0.39, 0.29) is 45.1 Å². The maximum Gasteiger partial charge on any atom is 0.435 e. The number of amides is 2. The van der Waals surface area contributed by atoms with E-state index in [1.165, 1.54) is 48.1 Å². The zero-order chi connectivity index (χ0) is 30.0. The maximum absolute atomic E-state index is 13.9. The van der Waals surface area contributed by atoms with E-state index in [1.54, 1.807) is 0 Å². The van der Waals surface area contributed by atoms with Gasteiger partial charge in [-0.3, -0.25) is 9.59 Å². The Morgan fingerprint density at radius 3 is 2.55 bits per heavy atom. The lowest BCUT2D eigenvalue weighted by molar-refractivity contribution is -0.140. The summed E-state index contributed by atoms with van der Waals surface area (Å²) in [6.45, 7) is 2.38. The fourth-order valence-electron chi connectivity index (χ4n) is 4.67. The second kappa shape index (κ2) is 11.8. The van der Waals surface area contributed by atoms with Gasteiger partial charge in [0.1, 0.15) is 0 Å². The number of carbonyl (C=O) groups is 2. The SMILES string of the molecule is Cn1c(-c2cn(-c3ccc(N)cn3)nc2C(F)(F)F)cnc1C(=O)Nc1ccc(C(=O)NCC2CCNCC2)c(Cl)c1. The summed E-state index contributed by atoms with van der Waals surface area (Å²) in [6, 6.07) is 7.36. The highest BCUT2D eigenvalue weighted by Gasteiger charge is 2.39. The van der Waals surface area contributed by atoms with Crippen molar-refractivity contribution in [3.63, 3.8) is 0 Å². The van der Waals surface area contributed by atoms with E-state index in [2.05, 4.69) is 31.0 Å². The number of nitrogens with zero attached hydrogens (tertiary/aromatic N) is 5. The smallest absolute Gasteiger partial charge is 0.397 e. The highest BCUT2D eigenvalue weighted by molar-refractivity contribution is 6.34. The van der Waals surface area contributed by atoms with Crippen LogP contribution >= 0.6 is 11.6 Å². The molecule has 5 N–H and O–H groups in total. The molecule has 1 aromatic carbocycles. The van der Waals surface area contributed by atoms with Crippen LogP contribution in [0.25, 0.3) is 17.1 Å². The standard InChI is InChI=1S/C27H27ClF3N9O2/c1-39-21(19-14-40(38-23(19)27(29,30)31)22-5-2-16(32)12-34-22)13-35-24(39)26(42)37-17-3-4-18(20(28)10-17)25(41)36-11-15-6-8-33-9-7-15/h2-5,10,12-15,33H,6-9,11,32H2,1H3,(H,36,41)(H,37,42). The van der Waals surface area contributed by atoms with Crippen LogP contribution in [0.5, 0.6) is 0 Å². The van der Waals surface area contributed by atoms with Gasteiger partial charge in [0.2, 0.25) is 0 Å². The Morgan fingerprint density at radius 1 is 1.12 bits per heavy atom. The lowest BCUT2D eigenvalue weighted by Gasteiger charge is -2.22. The Hall–Kier alpha value is -4.43. The summed E-state index contributed by atoms with van der Waals surface area (Å²) in [4.78, 5) is 33.8. The third-order valence-corrected chi connectivity index (χ3v) is 7.25. The lowest BCUT2D eigenvalue weighted by atomic mass is 9.98. The van der Waals surface area contributed by atoms with Gasteiger partial charge in [0.25, 0.3) is 11.8 Å². The molecule has 0 radical (unpaired) electrons. The first-order valence-electron chi connectivity index (χ1n) is 13.0. The Labute approximate surface area is 243 Å². The zero-order valence-electron chi connectivity index (χ0n) is 22.4. The molecule has 2 amide bonds. The first kappa shape index (κ1) is 29.1. The molecule has 4 aromatic rings. The van der Waals surface area contributed by atoms with Crippen molar-refractivity contribution >= 4 is 34.8 Å². The Balaban J connectivity index is 1.33. The number of anilines is 2. The summed E-state index contributed by atoms with van der Waals surface area (Å²) < 4.78 is 44.0. The minimum atomic E-state index is -4.79. The molecule has 0 aliphatic carbocycles. The number of aromatic nitrogens is 5. The number of pyridine rings is 1. The van der Waals surface area contributed by atoms with E-state index in [4.69, 9.17) is 17.3 Å². The van der Waals surface area contributed by atoms with Gasteiger partial charge in [0.15, 0.2) is 17.3 Å². The molecule has 220 valence electrons. The van der Waals surface area contributed by atoms with Gasteiger partial charge < -0.3 is 26.3 Å². The van der Waals surface area contributed by atoms with Gasteiger partial charge in [-0.25, -0.2) is 14.6 Å². The topological polar surface area (TPSA) is 145 Å². The predicted molar refractivity (Wildman–Crippen MR) is 150 cm³/mol. The summed E-state index contributed by atoms with van der Waals surface area (Å²) in [5.74, 6) is -0.645. The van der Waals surface area contributed by atoms with E-state index in [9.17, 15) is 22.8 Å². The maximum atomic E-state index is 13.9. The number of benzene rings is 1. The van der Waals surface area contributed by atoms with Gasteiger partial charge in [-0.15, -0.1) is 0 Å². The van der Waals surface area contributed by atoms with Crippen molar-refractivity contribution in [2.24, 2.45) is 13.0 Å². The number of hydrogen-bond donors (Lipinski definition) is 4. The van der Waals surface area contributed by atoms with Crippen LogP contribution in [0.3, 0.4) is 0 Å². The highest BCUT2D eigenvalue weighted by Crippen LogP contribution is 2.37. The Bertz CT molecular complexity index is 1610. The average Bonchev–Trinajstić information content (AvgIpc) is 3.57. The zero-order valence-corrected chi connectivity index (χ0v) is 23.1. The summed E-state index contributed by atoms with van der Waals surface area (Å²) in [6.07, 6.45) is 0.789. The molecule has 15 heteroatoms. The number of nitrogens with one attached hydrogen (secondary N) is 3. The molecular weight excluding hydrogens is 575 g/mol. The second-order valence-electron chi connectivity index (χ2n) is 9.86. The first-order valence-corrected chi connectivity index (χ1v) is 13.4. The van der Waals surface area contributed by atoms with Crippen molar-refractivity contribution in [2.75, 3.05) is 30.7 Å². The number of imidazole rings is 1. The number of hydrogen-bond acceptors (Lipinski definition) is 7. The van der Waals surface area contributed by atoms with Crippen LogP contribution in [0, 0.1) is 5.92 Å². The molecule has 42 heavy (non-hydrogen) atoms. The number of nitrogens with two attached hydrogens (primary N) is 1. The van der Waals surface area contributed by atoms with E-state index in [0.29, 0.717) is 18.2 Å². The van der Waals surface area contributed by atoms with Crippen LogP contribution in [0.2, 0.25) is 5.02 Å². The molecule has 1 aliphatic rings. The monoisotopic (exact) mass is 601 g/mol. The first-order chi connectivity index (χ1) is 20.0. The highest BCUT2D eigenvalue weighted by atomic mass is 35.5. The molecule has 0 spiro atoms. The van der Waals surface area contributed by atoms with Gasteiger partial charge in [-0.05, 0) is 62.2 Å². The van der Waals surface area contributed by atoms with Crippen molar-refractivity contribution in [2.45, 2.75) is 19.0 Å². The molecule has 3 aromatic heterocycles. The number of nitrogen functional groups attached to an aromatic ring is 1. The minimum Gasteiger partial charge on any atom is -0.397 e. The van der Waals surface area contributed by atoms with E-state index < -0.39 is 17.8 Å². The van der Waals surface area contributed by atoms with Crippen LogP contribution in [0.1, 0.15) is 39.5 Å². The molecule has 1 aliphatic heterocycles. The fourth-order valence-corrected chi connectivity index (χ4v) is 4.94. The second-order valence-corrected chi connectivity index (χ2v) is 10.3.